The monoisotopic (exact) mass is 224 g/mol. The predicted molar refractivity (Wildman–Crippen MR) is 52.2 cm³/mol. The lowest BCUT2D eigenvalue weighted by atomic mass is 10.2. The van der Waals surface area contributed by atoms with Crippen LogP contribution in [0, 0.1) is 0 Å². The topological polar surface area (TPSA) is 9.23 Å². The summed E-state index contributed by atoms with van der Waals surface area (Å²) in [5.74, 6) is 0. The zero-order valence-electron chi connectivity index (χ0n) is 6.40. The Kier molecular flexibility index (Phi) is 3.66. The summed E-state index contributed by atoms with van der Waals surface area (Å²) < 4.78 is 4.92. The molecule has 1 aromatic rings. The van der Waals surface area contributed by atoms with E-state index >= 15 is 0 Å². The van der Waals surface area contributed by atoms with Crippen LogP contribution in [0.2, 0.25) is 15.1 Å². The van der Waals surface area contributed by atoms with Gasteiger partial charge < -0.3 is 4.74 Å². The largest absolute Gasteiger partial charge is 0.380 e. The first-order chi connectivity index (χ1) is 5.65. The summed E-state index contributed by atoms with van der Waals surface area (Å²) in [5, 5.41) is 1.61. The lowest BCUT2D eigenvalue weighted by Crippen LogP contribution is -1.90. The van der Waals surface area contributed by atoms with E-state index in [2.05, 4.69) is 0 Å². The van der Waals surface area contributed by atoms with Crippen LogP contribution < -0.4 is 0 Å². The molecule has 0 heterocycles. The van der Waals surface area contributed by atoms with Crippen molar-refractivity contribution < 1.29 is 4.74 Å². The predicted octanol–water partition coefficient (Wildman–Crippen LogP) is 3.79. The van der Waals surface area contributed by atoms with Crippen molar-refractivity contribution in [3.05, 3.63) is 32.8 Å². The molecular weight excluding hydrogens is 218 g/mol. The van der Waals surface area contributed by atoms with Gasteiger partial charge in [-0.15, -0.1) is 0 Å². The summed E-state index contributed by atoms with van der Waals surface area (Å²) in [6.45, 7) is 0.398. The van der Waals surface area contributed by atoms with Crippen LogP contribution in [0.1, 0.15) is 5.56 Å². The molecule has 0 aliphatic rings. The fourth-order valence-electron chi connectivity index (χ4n) is 0.854. The lowest BCUT2D eigenvalue weighted by Gasteiger charge is -2.05. The Balaban J connectivity index is 3.10. The molecule has 0 unspecified atom stereocenters. The van der Waals surface area contributed by atoms with Crippen LogP contribution in [0.3, 0.4) is 0 Å². The van der Waals surface area contributed by atoms with E-state index in [9.17, 15) is 0 Å². The van der Waals surface area contributed by atoms with Gasteiger partial charge in [-0.2, -0.15) is 0 Å². The van der Waals surface area contributed by atoms with Gasteiger partial charge in [0.1, 0.15) is 0 Å². The molecule has 66 valence electrons. The molecule has 1 nitrogen and oxygen atoms in total. The highest BCUT2D eigenvalue weighted by atomic mass is 35.5. The zero-order chi connectivity index (χ0) is 9.14. The van der Waals surface area contributed by atoms with E-state index in [1.807, 2.05) is 0 Å². The number of methoxy groups -OCH3 is 1. The average molecular weight is 226 g/mol. The molecule has 12 heavy (non-hydrogen) atoms. The number of benzene rings is 1. The van der Waals surface area contributed by atoms with Crippen molar-refractivity contribution in [3.63, 3.8) is 0 Å². The Bertz CT molecular complexity index is 263. The summed E-state index contributed by atoms with van der Waals surface area (Å²) >= 11 is 17.4. The standard InChI is InChI=1S/C8H7Cl3O/c1-12-4-6-7(10)2-5(9)3-8(6)11/h2-3H,4H2,1H3. The molecule has 0 atom stereocenters. The maximum Gasteiger partial charge on any atom is 0.0742 e. The number of rotatable bonds is 2. The van der Waals surface area contributed by atoms with Gasteiger partial charge in [-0.05, 0) is 12.1 Å². The molecule has 0 amide bonds. The van der Waals surface area contributed by atoms with Crippen LogP contribution in [0.4, 0.5) is 0 Å². The molecule has 4 heteroatoms. The van der Waals surface area contributed by atoms with Gasteiger partial charge in [0.25, 0.3) is 0 Å². The van der Waals surface area contributed by atoms with E-state index in [1.54, 1.807) is 19.2 Å². The molecule has 0 fully saturated rings. The van der Waals surface area contributed by atoms with Crippen LogP contribution in [-0.2, 0) is 11.3 Å². The van der Waals surface area contributed by atoms with Gasteiger partial charge in [0.15, 0.2) is 0 Å². The molecule has 0 aliphatic heterocycles. The third-order valence-electron chi connectivity index (χ3n) is 1.39. The molecule has 1 rings (SSSR count). The van der Waals surface area contributed by atoms with Crippen molar-refractivity contribution >= 4 is 34.8 Å². The van der Waals surface area contributed by atoms with Gasteiger partial charge in [0, 0.05) is 27.7 Å². The van der Waals surface area contributed by atoms with Gasteiger partial charge in [0.05, 0.1) is 6.61 Å². The lowest BCUT2D eigenvalue weighted by molar-refractivity contribution is 0.185. The molecule has 0 saturated carbocycles. The summed E-state index contributed by atoms with van der Waals surface area (Å²) in [5.41, 5.74) is 0.769. The third-order valence-corrected chi connectivity index (χ3v) is 2.29. The van der Waals surface area contributed by atoms with Crippen LogP contribution in [0.25, 0.3) is 0 Å². The summed E-state index contributed by atoms with van der Waals surface area (Å²) in [6.07, 6.45) is 0. The number of ether oxygens (including phenoxy) is 1. The smallest absolute Gasteiger partial charge is 0.0742 e. The summed E-state index contributed by atoms with van der Waals surface area (Å²) in [7, 11) is 1.58. The minimum absolute atomic E-state index is 0.398. The molecular formula is C8H7Cl3O. The fourth-order valence-corrected chi connectivity index (χ4v) is 1.78. The maximum absolute atomic E-state index is 5.86. The van der Waals surface area contributed by atoms with Gasteiger partial charge >= 0.3 is 0 Å². The molecule has 0 spiro atoms. The van der Waals surface area contributed by atoms with Crippen LogP contribution in [0.15, 0.2) is 12.1 Å². The van der Waals surface area contributed by atoms with Gasteiger partial charge in [-0.1, -0.05) is 34.8 Å². The second-order valence-corrected chi connectivity index (χ2v) is 3.53. The molecule has 0 aromatic heterocycles. The molecule has 0 saturated heterocycles. The summed E-state index contributed by atoms with van der Waals surface area (Å²) in [4.78, 5) is 0. The van der Waals surface area contributed by atoms with Crippen molar-refractivity contribution in [1.29, 1.82) is 0 Å². The van der Waals surface area contributed by atoms with Crippen LogP contribution in [-0.4, -0.2) is 7.11 Å². The van der Waals surface area contributed by atoms with Crippen LogP contribution in [0.5, 0.6) is 0 Å². The first kappa shape index (κ1) is 10.1. The molecule has 0 aliphatic carbocycles. The molecule has 0 bridgehead atoms. The van der Waals surface area contributed by atoms with Crippen molar-refractivity contribution in [2.75, 3.05) is 7.11 Å². The van der Waals surface area contributed by atoms with E-state index in [4.69, 9.17) is 39.5 Å². The van der Waals surface area contributed by atoms with E-state index in [-0.39, 0.29) is 0 Å². The van der Waals surface area contributed by atoms with E-state index < -0.39 is 0 Å². The third kappa shape index (κ3) is 2.27. The Morgan fingerprint density at radius 1 is 1.17 bits per heavy atom. The Hall–Kier alpha value is 0.0500. The number of halogens is 3. The SMILES string of the molecule is COCc1c(Cl)cc(Cl)cc1Cl. The normalized spacial score (nSPS) is 10.3. The zero-order valence-corrected chi connectivity index (χ0v) is 8.67. The van der Waals surface area contributed by atoms with Crippen molar-refractivity contribution in [3.8, 4) is 0 Å². The number of hydrogen-bond acceptors (Lipinski definition) is 1. The van der Waals surface area contributed by atoms with E-state index in [1.165, 1.54) is 0 Å². The highest BCUT2D eigenvalue weighted by Gasteiger charge is 2.06. The fraction of sp³-hybridized carbons (Fsp3) is 0.250. The Labute approximate surface area is 86.2 Å². The summed E-state index contributed by atoms with van der Waals surface area (Å²) in [6, 6.07) is 3.28. The maximum atomic E-state index is 5.86. The van der Waals surface area contributed by atoms with Crippen LogP contribution >= 0.6 is 34.8 Å². The van der Waals surface area contributed by atoms with Crippen molar-refractivity contribution in [2.24, 2.45) is 0 Å². The molecule has 1 aromatic carbocycles. The van der Waals surface area contributed by atoms with Gasteiger partial charge in [-0.25, -0.2) is 0 Å². The Morgan fingerprint density at radius 3 is 2.08 bits per heavy atom. The second-order valence-electron chi connectivity index (χ2n) is 2.28. The second kappa shape index (κ2) is 4.33. The van der Waals surface area contributed by atoms with Crippen molar-refractivity contribution in [2.45, 2.75) is 6.61 Å². The van der Waals surface area contributed by atoms with Gasteiger partial charge in [0.2, 0.25) is 0 Å². The first-order valence-electron chi connectivity index (χ1n) is 3.27. The highest BCUT2D eigenvalue weighted by Crippen LogP contribution is 2.29. The average Bonchev–Trinajstić information content (AvgIpc) is 1.96. The van der Waals surface area contributed by atoms with Gasteiger partial charge in [-0.3, -0.25) is 0 Å². The van der Waals surface area contributed by atoms with Crippen molar-refractivity contribution in [1.82, 2.24) is 0 Å². The van der Waals surface area contributed by atoms with E-state index in [0.29, 0.717) is 21.7 Å². The minimum atomic E-state index is 0.398. The number of hydrogen-bond donors (Lipinski definition) is 0. The Morgan fingerprint density at radius 2 is 1.67 bits per heavy atom. The minimum Gasteiger partial charge on any atom is -0.380 e. The highest BCUT2D eigenvalue weighted by molar-refractivity contribution is 6.39. The molecule has 0 N–H and O–H groups in total. The quantitative estimate of drug-likeness (QED) is 0.744. The molecule has 0 radical (unpaired) electrons. The van der Waals surface area contributed by atoms with E-state index in [0.717, 1.165) is 5.56 Å². The first-order valence-corrected chi connectivity index (χ1v) is 4.41.